The second-order valence-electron chi connectivity index (χ2n) is 9.22. The Morgan fingerprint density at radius 2 is 1.71 bits per heavy atom. The molecule has 0 radical (unpaired) electrons. The molecule has 8 heteroatoms. The van der Waals surface area contributed by atoms with Crippen LogP contribution in [0.2, 0.25) is 0 Å². The quantitative estimate of drug-likeness (QED) is 0.317. The van der Waals surface area contributed by atoms with Crippen LogP contribution in [0.15, 0.2) is 94.7 Å². The van der Waals surface area contributed by atoms with E-state index in [1.165, 1.54) is 27.9 Å². The Balaban J connectivity index is 1.29. The molecule has 1 aromatic heterocycles. The minimum atomic E-state index is -0.444. The van der Waals surface area contributed by atoms with Gasteiger partial charge < -0.3 is 9.30 Å². The van der Waals surface area contributed by atoms with Crippen LogP contribution < -0.4 is 4.74 Å². The van der Waals surface area contributed by atoms with Crippen LogP contribution in [0, 0.1) is 19.3 Å². The van der Waals surface area contributed by atoms with Crippen LogP contribution in [-0.4, -0.2) is 38.1 Å². The number of nitrogens with one attached hydrogen (secondary N) is 1. The van der Waals surface area contributed by atoms with E-state index in [1.54, 1.807) is 6.08 Å². The third-order valence-corrected chi connectivity index (χ3v) is 7.54. The molecule has 0 saturated heterocycles. The van der Waals surface area contributed by atoms with Gasteiger partial charge in [-0.3, -0.25) is 10.2 Å². The van der Waals surface area contributed by atoms with E-state index in [-0.39, 0.29) is 18.0 Å². The number of aliphatic imine (C=N–C) groups is 1. The van der Waals surface area contributed by atoms with E-state index in [1.807, 2.05) is 67.7 Å². The number of aromatic nitrogens is 1. The van der Waals surface area contributed by atoms with Gasteiger partial charge in [0.15, 0.2) is 5.84 Å². The summed E-state index contributed by atoms with van der Waals surface area (Å²) in [6.45, 7) is 5.03. The maximum Gasteiger partial charge on any atom is 0.283 e. The molecule has 188 valence electrons. The van der Waals surface area contributed by atoms with Gasteiger partial charge >= 0.3 is 0 Å². The Morgan fingerprint density at radius 1 is 0.974 bits per heavy atom. The summed E-state index contributed by atoms with van der Waals surface area (Å²) in [7, 11) is 0. The van der Waals surface area contributed by atoms with E-state index in [0.29, 0.717) is 16.8 Å². The highest BCUT2D eigenvalue weighted by atomic mass is 32.2. The summed E-state index contributed by atoms with van der Waals surface area (Å²) in [6, 6.07) is 24.2. The maximum atomic E-state index is 13.0. The van der Waals surface area contributed by atoms with Crippen molar-refractivity contribution in [1.29, 1.82) is 5.41 Å². The van der Waals surface area contributed by atoms with Crippen molar-refractivity contribution < 1.29 is 9.53 Å². The number of hydrazone groups is 1. The zero-order valence-electron chi connectivity index (χ0n) is 21.0. The number of amides is 1. The Kier molecular flexibility index (Phi) is 6.17. The number of ether oxygens (including phenoxy) is 1. The molecule has 0 atom stereocenters. The summed E-state index contributed by atoms with van der Waals surface area (Å²) in [5.41, 5.74) is 5.61. The average molecular weight is 520 g/mol. The van der Waals surface area contributed by atoms with Gasteiger partial charge in [-0.2, -0.15) is 15.1 Å². The lowest BCUT2D eigenvalue weighted by atomic mass is 10.1. The molecular weight excluding hydrogens is 494 g/mol. The topological polar surface area (TPSA) is 83.0 Å². The molecule has 3 aromatic carbocycles. The van der Waals surface area contributed by atoms with Gasteiger partial charge in [0.2, 0.25) is 5.17 Å². The largest absolute Gasteiger partial charge is 0.486 e. The minimum absolute atomic E-state index is 0.00845. The maximum absolute atomic E-state index is 13.0. The van der Waals surface area contributed by atoms with Gasteiger partial charge in [0.1, 0.15) is 17.4 Å². The van der Waals surface area contributed by atoms with Crippen molar-refractivity contribution in [3.8, 4) is 5.75 Å². The lowest BCUT2D eigenvalue weighted by molar-refractivity contribution is -0.114. The SMILES string of the molecule is Cc1ccccc1Cn1cc(/C=C2\C(=N)N3N=C(COc4ccccc4C)SC3=NC2=O)c2ccccc21. The number of hydrogen-bond donors (Lipinski definition) is 1. The first kappa shape index (κ1) is 23.9. The number of nitrogens with zero attached hydrogens (tertiary/aromatic N) is 4. The standard InChI is InChI=1S/C30H25N5O2S/c1-19-9-3-5-11-21(19)16-34-17-22(23-12-6-7-13-25(23)34)15-24-28(31)35-30(32-29(24)36)38-27(33-35)18-37-26-14-8-4-10-20(26)2/h3-15,17,31H,16,18H2,1-2H3/b24-15+,31-28?. The molecule has 6 rings (SSSR count). The molecule has 4 aromatic rings. The normalized spacial score (nSPS) is 16.2. The number of hydrogen-bond acceptors (Lipinski definition) is 5. The minimum Gasteiger partial charge on any atom is -0.486 e. The molecule has 0 spiro atoms. The van der Waals surface area contributed by atoms with Crippen molar-refractivity contribution in [1.82, 2.24) is 9.58 Å². The van der Waals surface area contributed by atoms with Gasteiger partial charge in [-0.1, -0.05) is 60.7 Å². The number of thioether (sulfide) groups is 1. The van der Waals surface area contributed by atoms with Crippen LogP contribution in [0.1, 0.15) is 22.3 Å². The van der Waals surface area contributed by atoms with E-state index >= 15 is 0 Å². The Bertz CT molecular complexity index is 1700. The monoisotopic (exact) mass is 519 g/mol. The lowest BCUT2D eigenvalue weighted by Gasteiger charge is -2.20. The fraction of sp³-hybridized carbons (Fsp3) is 0.133. The first-order chi connectivity index (χ1) is 18.5. The first-order valence-electron chi connectivity index (χ1n) is 12.3. The molecule has 0 aliphatic carbocycles. The first-order valence-corrected chi connectivity index (χ1v) is 13.1. The molecule has 1 amide bonds. The van der Waals surface area contributed by atoms with Crippen molar-refractivity contribution >= 4 is 50.7 Å². The van der Waals surface area contributed by atoms with E-state index < -0.39 is 5.91 Å². The van der Waals surface area contributed by atoms with Gasteiger partial charge in [0, 0.05) is 29.2 Å². The molecule has 3 heterocycles. The molecule has 0 saturated carbocycles. The Labute approximate surface area is 224 Å². The second-order valence-corrected chi connectivity index (χ2v) is 10.3. The molecule has 7 nitrogen and oxygen atoms in total. The summed E-state index contributed by atoms with van der Waals surface area (Å²) in [6.07, 6.45) is 3.79. The average Bonchev–Trinajstić information content (AvgIpc) is 3.49. The molecular formula is C30H25N5O2S. The molecule has 2 aliphatic heterocycles. The molecule has 0 unspecified atom stereocenters. The van der Waals surface area contributed by atoms with Gasteiger partial charge in [-0.05, 0) is 60.5 Å². The van der Waals surface area contributed by atoms with Crippen LogP contribution in [0.5, 0.6) is 5.75 Å². The number of aryl methyl sites for hydroxylation is 2. The van der Waals surface area contributed by atoms with E-state index in [9.17, 15) is 4.79 Å². The van der Waals surface area contributed by atoms with Crippen molar-refractivity contribution in [2.24, 2.45) is 10.1 Å². The smallest absolute Gasteiger partial charge is 0.283 e. The lowest BCUT2D eigenvalue weighted by Crippen LogP contribution is -2.35. The highest BCUT2D eigenvalue weighted by molar-refractivity contribution is 8.27. The second kappa shape index (κ2) is 9.79. The van der Waals surface area contributed by atoms with Crippen LogP contribution in [0.3, 0.4) is 0 Å². The van der Waals surface area contributed by atoms with Gasteiger partial charge in [0.05, 0.1) is 5.57 Å². The van der Waals surface area contributed by atoms with Crippen LogP contribution >= 0.6 is 11.8 Å². The molecule has 2 aliphatic rings. The summed E-state index contributed by atoms with van der Waals surface area (Å²) >= 11 is 1.25. The number of benzene rings is 3. The number of para-hydroxylation sites is 2. The summed E-state index contributed by atoms with van der Waals surface area (Å²) in [4.78, 5) is 17.3. The van der Waals surface area contributed by atoms with Gasteiger partial charge in [-0.15, -0.1) is 0 Å². The van der Waals surface area contributed by atoms with Gasteiger partial charge in [-0.25, -0.2) is 0 Å². The number of amidine groups is 2. The van der Waals surface area contributed by atoms with Crippen LogP contribution in [0.25, 0.3) is 17.0 Å². The third kappa shape index (κ3) is 4.43. The van der Waals surface area contributed by atoms with Crippen molar-refractivity contribution in [3.05, 3.63) is 107 Å². The highest BCUT2D eigenvalue weighted by Crippen LogP contribution is 2.31. The predicted octanol–water partition coefficient (Wildman–Crippen LogP) is 6.00. The molecule has 38 heavy (non-hydrogen) atoms. The van der Waals surface area contributed by atoms with E-state index in [0.717, 1.165) is 27.8 Å². The van der Waals surface area contributed by atoms with Crippen LogP contribution in [-0.2, 0) is 11.3 Å². The van der Waals surface area contributed by atoms with E-state index in [4.69, 9.17) is 10.1 Å². The zero-order chi connectivity index (χ0) is 26.2. The van der Waals surface area contributed by atoms with Gasteiger partial charge in [0.25, 0.3) is 5.91 Å². The number of rotatable bonds is 6. The number of carbonyl (C=O) groups is 1. The Morgan fingerprint density at radius 3 is 2.53 bits per heavy atom. The van der Waals surface area contributed by atoms with Crippen LogP contribution in [0.4, 0.5) is 0 Å². The number of carbonyl (C=O) groups excluding carboxylic acids is 1. The summed E-state index contributed by atoms with van der Waals surface area (Å²) < 4.78 is 8.09. The fourth-order valence-corrected chi connectivity index (χ4v) is 5.39. The Hall–Kier alpha value is -4.43. The molecule has 0 fully saturated rings. The zero-order valence-corrected chi connectivity index (χ0v) is 21.8. The van der Waals surface area contributed by atoms with Crippen molar-refractivity contribution in [3.63, 3.8) is 0 Å². The summed E-state index contributed by atoms with van der Waals surface area (Å²) in [5.74, 6) is 0.339. The van der Waals surface area contributed by atoms with Crippen molar-refractivity contribution in [2.45, 2.75) is 20.4 Å². The van der Waals surface area contributed by atoms with Crippen molar-refractivity contribution in [2.75, 3.05) is 6.61 Å². The third-order valence-electron chi connectivity index (χ3n) is 6.66. The predicted molar refractivity (Wildman–Crippen MR) is 154 cm³/mol. The molecule has 1 N–H and O–H groups in total. The van der Waals surface area contributed by atoms with E-state index in [2.05, 4.69) is 39.8 Å². The summed E-state index contributed by atoms with van der Waals surface area (Å²) in [5, 5.41) is 16.8. The fourth-order valence-electron chi connectivity index (χ4n) is 4.60. The molecule has 0 bridgehead atoms. The number of fused-ring (bicyclic) bond motifs is 2. The highest BCUT2D eigenvalue weighted by Gasteiger charge is 2.36.